The van der Waals surface area contributed by atoms with Crippen LogP contribution in [0.1, 0.15) is 29.5 Å². The predicted molar refractivity (Wildman–Crippen MR) is 123 cm³/mol. The van der Waals surface area contributed by atoms with E-state index in [2.05, 4.69) is 72.8 Å². The Kier molecular flexibility index (Phi) is 5.02. The summed E-state index contributed by atoms with van der Waals surface area (Å²) in [5.74, 6) is 1.92. The SMILES string of the molecule is Cc1ccc(N(/C=C2/CCOc3ccccc32)/C=C2\CCOc3ccccc32)cc1. The molecule has 0 aliphatic carbocycles. The van der Waals surface area contributed by atoms with E-state index in [0.29, 0.717) is 13.2 Å². The molecule has 0 saturated carbocycles. The molecule has 0 bridgehead atoms. The normalized spacial score (nSPS) is 17.6. The molecule has 0 fully saturated rings. The fraction of sp³-hybridized carbons (Fsp3) is 0.185. The molecule has 2 heterocycles. The van der Waals surface area contributed by atoms with E-state index < -0.39 is 0 Å². The third-order valence-electron chi connectivity index (χ3n) is 5.65. The summed E-state index contributed by atoms with van der Waals surface area (Å²) in [5, 5.41) is 0. The molecule has 0 amide bonds. The summed E-state index contributed by atoms with van der Waals surface area (Å²) >= 11 is 0. The number of aryl methyl sites for hydroxylation is 1. The van der Waals surface area contributed by atoms with E-state index in [0.717, 1.165) is 30.0 Å². The molecule has 30 heavy (non-hydrogen) atoms. The summed E-state index contributed by atoms with van der Waals surface area (Å²) in [6, 6.07) is 25.3. The molecule has 2 aliphatic rings. The number of nitrogens with zero attached hydrogens (tertiary/aromatic N) is 1. The van der Waals surface area contributed by atoms with Crippen molar-refractivity contribution in [3.63, 3.8) is 0 Å². The van der Waals surface area contributed by atoms with Crippen LogP contribution >= 0.6 is 0 Å². The first kappa shape index (κ1) is 18.6. The maximum atomic E-state index is 5.86. The van der Waals surface area contributed by atoms with Crippen LogP contribution in [0.2, 0.25) is 0 Å². The molecule has 0 N–H and O–H groups in total. The Morgan fingerprint density at radius 1 is 0.667 bits per heavy atom. The molecular formula is C27H25NO2. The zero-order chi connectivity index (χ0) is 20.3. The number of hydrogen-bond donors (Lipinski definition) is 0. The zero-order valence-corrected chi connectivity index (χ0v) is 17.2. The molecule has 3 aromatic carbocycles. The number of para-hydroxylation sites is 2. The van der Waals surface area contributed by atoms with Gasteiger partial charge in [0.15, 0.2) is 0 Å². The Bertz CT molecular complexity index is 1040. The third kappa shape index (κ3) is 3.71. The number of anilines is 1. The van der Waals surface area contributed by atoms with Gasteiger partial charge in [-0.05, 0) is 42.3 Å². The summed E-state index contributed by atoms with van der Waals surface area (Å²) in [7, 11) is 0. The minimum absolute atomic E-state index is 0.706. The Balaban J connectivity index is 1.61. The van der Waals surface area contributed by atoms with Crippen LogP contribution in [0.15, 0.2) is 85.2 Å². The molecule has 0 atom stereocenters. The molecular weight excluding hydrogens is 370 g/mol. The molecule has 3 heteroatoms. The fourth-order valence-corrected chi connectivity index (χ4v) is 4.03. The first-order valence-corrected chi connectivity index (χ1v) is 10.5. The predicted octanol–water partition coefficient (Wildman–Crippen LogP) is 6.45. The highest BCUT2D eigenvalue weighted by Crippen LogP contribution is 2.36. The van der Waals surface area contributed by atoms with Crippen LogP contribution in [0.5, 0.6) is 11.5 Å². The van der Waals surface area contributed by atoms with E-state index in [9.17, 15) is 0 Å². The second kappa shape index (κ2) is 8.11. The highest BCUT2D eigenvalue weighted by atomic mass is 16.5. The van der Waals surface area contributed by atoms with Crippen molar-refractivity contribution in [1.29, 1.82) is 0 Å². The molecule has 0 unspecified atom stereocenters. The number of rotatable bonds is 3. The Labute approximate surface area is 177 Å². The van der Waals surface area contributed by atoms with Crippen LogP contribution in [0.25, 0.3) is 11.1 Å². The van der Waals surface area contributed by atoms with Gasteiger partial charge in [0, 0.05) is 42.1 Å². The first-order chi connectivity index (χ1) is 14.8. The summed E-state index contributed by atoms with van der Waals surface area (Å²) in [6.45, 7) is 3.53. The standard InChI is InChI=1S/C27H25NO2/c1-20-10-12-23(13-11-20)28(18-21-14-16-29-26-8-4-2-6-24(21)26)19-22-15-17-30-27-9-5-3-7-25(22)27/h2-13,18-19H,14-17H2,1H3/b21-18-,22-19+. The van der Waals surface area contributed by atoms with Gasteiger partial charge in [-0.25, -0.2) is 0 Å². The molecule has 2 aliphatic heterocycles. The smallest absolute Gasteiger partial charge is 0.126 e. The summed E-state index contributed by atoms with van der Waals surface area (Å²) < 4.78 is 11.7. The van der Waals surface area contributed by atoms with E-state index in [1.54, 1.807) is 0 Å². The molecule has 0 aromatic heterocycles. The number of fused-ring (bicyclic) bond motifs is 2. The summed E-state index contributed by atoms with van der Waals surface area (Å²) in [6.07, 6.45) is 6.30. The molecule has 0 spiro atoms. The molecule has 0 radical (unpaired) electrons. The number of ether oxygens (including phenoxy) is 2. The van der Waals surface area contributed by atoms with Gasteiger partial charge in [0.1, 0.15) is 11.5 Å². The molecule has 3 nitrogen and oxygen atoms in total. The number of hydrogen-bond acceptors (Lipinski definition) is 3. The van der Waals surface area contributed by atoms with Gasteiger partial charge in [-0.1, -0.05) is 54.1 Å². The molecule has 5 rings (SSSR count). The van der Waals surface area contributed by atoms with Gasteiger partial charge in [0.05, 0.1) is 13.2 Å². The lowest BCUT2D eigenvalue weighted by molar-refractivity contribution is 0.316. The average molecular weight is 396 g/mol. The fourth-order valence-electron chi connectivity index (χ4n) is 4.03. The highest BCUT2D eigenvalue weighted by Gasteiger charge is 2.18. The van der Waals surface area contributed by atoms with Gasteiger partial charge in [-0.2, -0.15) is 0 Å². The average Bonchev–Trinajstić information content (AvgIpc) is 2.80. The van der Waals surface area contributed by atoms with E-state index in [1.807, 2.05) is 24.3 Å². The van der Waals surface area contributed by atoms with Crippen LogP contribution in [-0.4, -0.2) is 13.2 Å². The van der Waals surface area contributed by atoms with Gasteiger partial charge >= 0.3 is 0 Å². The Morgan fingerprint density at radius 3 is 1.70 bits per heavy atom. The summed E-state index contributed by atoms with van der Waals surface area (Å²) in [5.41, 5.74) is 7.32. The third-order valence-corrected chi connectivity index (χ3v) is 5.65. The topological polar surface area (TPSA) is 21.7 Å². The lowest BCUT2D eigenvalue weighted by Gasteiger charge is -2.26. The highest BCUT2D eigenvalue weighted by molar-refractivity contribution is 5.78. The second-order valence-corrected chi connectivity index (χ2v) is 7.74. The van der Waals surface area contributed by atoms with Crippen LogP contribution in [0, 0.1) is 6.92 Å². The van der Waals surface area contributed by atoms with Crippen molar-refractivity contribution in [3.05, 3.63) is 102 Å². The van der Waals surface area contributed by atoms with Crippen molar-refractivity contribution < 1.29 is 9.47 Å². The van der Waals surface area contributed by atoms with Crippen molar-refractivity contribution in [1.82, 2.24) is 0 Å². The van der Waals surface area contributed by atoms with E-state index in [1.165, 1.54) is 27.8 Å². The van der Waals surface area contributed by atoms with E-state index in [4.69, 9.17) is 9.47 Å². The van der Waals surface area contributed by atoms with Crippen LogP contribution in [0.3, 0.4) is 0 Å². The maximum Gasteiger partial charge on any atom is 0.126 e. The van der Waals surface area contributed by atoms with Crippen molar-refractivity contribution in [2.45, 2.75) is 19.8 Å². The largest absolute Gasteiger partial charge is 0.493 e. The van der Waals surface area contributed by atoms with E-state index >= 15 is 0 Å². The summed E-state index contributed by atoms with van der Waals surface area (Å²) in [4.78, 5) is 2.26. The molecule has 3 aromatic rings. The quantitative estimate of drug-likeness (QED) is 0.509. The maximum absolute atomic E-state index is 5.86. The molecule has 0 saturated heterocycles. The first-order valence-electron chi connectivity index (χ1n) is 10.5. The minimum atomic E-state index is 0.706. The van der Waals surface area contributed by atoms with Gasteiger partial charge in [-0.15, -0.1) is 0 Å². The lowest BCUT2D eigenvalue weighted by atomic mass is 9.99. The number of benzene rings is 3. The second-order valence-electron chi connectivity index (χ2n) is 7.74. The van der Waals surface area contributed by atoms with Gasteiger partial charge < -0.3 is 14.4 Å². The van der Waals surface area contributed by atoms with Gasteiger partial charge in [0.2, 0.25) is 0 Å². The van der Waals surface area contributed by atoms with Crippen molar-refractivity contribution in [2.24, 2.45) is 0 Å². The van der Waals surface area contributed by atoms with Gasteiger partial charge in [0.25, 0.3) is 0 Å². The van der Waals surface area contributed by atoms with Crippen molar-refractivity contribution in [3.8, 4) is 11.5 Å². The molecule has 150 valence electrons. The monoisotopic (exact) mass is 395 g/mol. The van der Waals surface area contributed by atoms with Crippen LogP contribution in [-0.2, 0) is 0 Å². The van der Waals surface area contributed by atoms with Gasteiger partial charge in [-0.3, -0.25) is 0 Å². The van der Waals surface area contributed by atoms with Crippen molar-refractivity contribution >= 4 is 16.8 Å². The zero-order valence-electron chi connectivity index (χ0n) is 17.2. The Hall–Kier alpha value is -3.46. The van der Waals surface area contributed by atoms with Crippen LogP contribution in [0.4, 0.5) is 5.69 Å². The minimum Gasteiger partial charge on any atom is -0.493 e. The van der Waals surface area contributed by atoms with Crippen molar-refractivity contribution in [2.75, 3.05) is 18.1 Å². The lowest BCUT2D eigenvalue weighted by Crippen LogP contribution is -2.15. The Morgan fingerprint density at radius 2 is 1.17 bits per heavy atom. The van der Waals surface area contributed by atoms with Crippen LogP contribution < -0.4 is 14.4 Å². The van der Waals surface area contributed by atoms with E-state index in [-0.39, 0.29) is 0 Å².